The number of carboxylic acid groups (broad SMARTS) is 1. The van der Waals surface area contributed by atoms with Crippen LogP contribution >= 0.6 is 7.60 Å². The summed E-state index contributed by atoms with van der Waals surface area (Å²) in [6.07, 6.45) is 12.1. The zero-order valence-electron chi connectivity index (χ0n) is 77.9. The molecule has 8 aromatic rings. The molecule has 0 saturated carbocycles. The summed E-state index contributed by atoms with van der Waals surface area (Å²) < 4.78 is 57.9. The Balaban J connectivity index is 0.000000396. The van der Waals surface area contributed by atoms with E-state index in [0.717, 1.165) is 37.0 Å². The smallest absolute Gasteiger partial charge is 0.412 e. The lowest BCUT2D eigenvalue weighted by Gasteiger charge is -2.25. The first-order valence-electron chi connectivity index (χ1n) is 40.5. The number of Topliss-reactive ketones (excluding diaryl/α,β-unsaturated/α-hetero) is 3. The van der Waals surface area contributed by atoms with Gasteiger partial charge in [0.05, 0.1) is 11.7 Å². The number of aromatic nitrogens is 5. The van der Waals surface area contributed by atoms with E-state index in [1.807, 2.05) is 195 Å². The number of carbonyl (C=O) groups is 11. The Morgan fingerprint density at radius 1 is 0.512 bits per heavy atom. The number of alkyl carbamates (subject to hydrolysis) is 2. The minimum absolute atomic E-state index is 0.105. The van der Waals surface area contributed by atoms with Crippen molar-refractivity contribution in [3.63, 3.8) is 0 Å². The first kappa shape index (κ1) is 110. The molecule has 6 amide bonds. The van der Waals surface area contributed by atoms with E-state index in [1.54, 1.807) is 47.6 Å². The summed E-state index contributed by atoms with van der Waals surface area (Å²) in [4.78, 5) is 147. The van der Waals surface area contributed by atoms with Crippen LogP contribution in [0.3, 0.4) is 0 Å². The van der Waals surface area contributed by atoms with Gasteiger partial charge < -0.3 is 89.1 Å². The molecule has 3 aromatic carbocycles. The van der Waals surface area contributed by atoms with E-state index in [4.69, 9.17) is 59.0 Å². The Kier molecular flexibility index (Phi) is 41.6. The highest BCUT2D eigenvalue weighted by Crippen LogP contribution is 2.51. The molecule has 1 unspecified atom stereocenters. The number of primary amides is 2. The van der Waals surface area contributed by atoms with Gasteiger partial charge in [0.15, 0.2) is 67.1 Å². The second-order valence-corrected chi connectivity index (χ2v) is 38.6. The summed E-state index contributed by atoms with van der Waals surface area (Å²) in [6, 6.07) is 27.3. The number of rotatable bonds is 24. The fourth-order valence-electron chi connectivity index (χ4n) is 11.1. The predicted octanol–water partition coefficient (Wildman–Crippen LogP) is 14.5. The van der Waals surface area contributed by atoms with E-state index in [-0.39, 0.29) is 62.5 Å². The summed E-state index contributed by atoms with van der Waals surface area (Å²) in [5, 5.41) is 37.8. The number of aliphatic hydroxyl groups is 2. The van der Waals surface area contributed by atoms with E-state index in [2.05, 4.69) is 55.2 Å². The Labute approximate surface area is 751 Å². The molecule has 129 heavy (non-hydrogen) atoms. The standard InChI is InChI=1S/C20H24N2O4.C19H21N3O3.C16H24N2O4.C10H20NO6P.C10H13NO4.C9H12N2O.C8H11NO2/c1-20(2,3)18-15(22-12-26-18)11-17(24)16(23)10-14(19(21)25)9-13-7-5-4-6-8-13;1-19(2,3)16-13(20-11-25-16)10-15-18(24)21-14(17(23)22-15)9-12-7-5-4-6-8-12;1-10(19)11(18-14(20)22-16(5,6)7)8-12-13(15(2,3)4)21-9-17-12;1-7(12)8(18(14,15-5)16-6)11-9(13)17-10(2,3)4;1-10(2,3)8-6(11-5-15-8)4-7(12)9(13)14;10-8(9(11)12)6-7-4-2-1-3-5-7;1-8(2,3)7-6(4-10)9-5-11-7/h4-8,11-12,14,24H,9-10H2,1-3H3,(H2,21,25);4-8,10-11,14H,9H2,1-3H3,(H,21,24)(H,22,23);8-9H,1-7H3,(H,18,20);8H,1-6H3,(H,11,13);4-5,12H,1-3H3,(H,13,14);1-5,8H,6,10H2,(H2,11,12);4-5H,1-3H3/b17-11-;15-10-;11-8-;;7-4-;;/t2*14-;;;;8-;/m10...0./s1. The van der Waals surface area contributed by atoms with Gasteiger partial charge in [-0.1, -0.05) is 195 Å². The molecular formula is C92H125N12O24P. The zero-order valence-corrected chi connectivity index (χ0v) is 78.8. The number of ether oxygens (including phenoxy) is 2. The van der Waals surface area contributed by atoms with Crippen LogP contribution < -0.4 is 38.5 Å². The highest BCUT2D eigenvalue weighted by molar-refractivity contribution is 7.55. The second-order valence-electron chi connectivity index (χ2n) is 36.2. The number of allylic oxidation sites excluding steroid dienone is 2. The van der Waals surface area contributed by atoms with Gasteiger partial charge in [-0.3, -0.25) is 48.2 Å². The lowest BCUT2D eigenvalue weighted by molar-refractivity contribution is -0.135. The van der Waals surface area contributed by atoms with Gasteiger partial charge in [0, 0.05) is 79.1 Å². The number of ketones is 3. The van der Waals surface area contributed by atoms with Gasteiger partial charge in [0.1, 0.15) is 80.2 Å². The number of hydrogen-bond acceptors (Lipinski definition) is 29. The van der Waals surface area contributed by atoms with Gasteiger partial charge in [0.25, 0.3) is 5.91 Å². The van der Waals surface area contributed by atoms with E-state index in [9.17, 15) is 62.4 Å². The average Bonchev–Trinajstić information content (AvgIpc) is 1.79. The van der Waals surface area contributed by atoms with Crippen molar-refractivity contribution in [2.45, 2.75) is 241 Å². The molecule has 1 aliphatic rings. The number of benzene rings is 3. The second kappa shape index (κ2) is 48.8. The van der Waals surface area contributed by atoms with Crippen molar-refractivity contribution in [1.29, 1.82) is 0 Å². The topological polar surface area (TPSA) is 559 Å². The lowest BCUT2D eigenvalue weighted by Crippen LogP contribution is -2.55. The normalized spacial score (nSPS) is 14.3. The van der Waals surface area contributed by atoms with Crippen molar-refractivity contribution >= 4 is 97.3 Å². The fourth-order valence-corrected chi connectivity index (χ4v) is 12.4. The summed E-state index contributed by atoms with van der Waals surface area (Å²) in [5.41, 5.74) is 18.6. The molecule has 13 N–H and O–H groups in total. The Bertz CT molecular complexity index is 5230. The molecule has 0 radical (unpaired) electrons. The molecule has 1 aliphatic heterocycles. The van der Waals surface area contributed by atoms with E-state index < -0.39 is 95.6 Å². The van der Waals surface area contributed by atoms with Crippen molar-refractivity contribution in [2.75, 3.05) is 14.2 Å². The van der Waals surface area contributed by atoms with Crippen LogP contribution in [0.15, 0.2) is 168 Å². The van der Waals surface area contributed by atoms with Gasteiger partial charge in [-0.2, -0.15) is 0 Å². The largest absolute Gasteiger partial charge is 0.504 e. The van der Waals surface area contributed by atoms with E-state index in [1.165, 1.54) is 58.0 Å². The van der Waals surface area contributed by atoms with Crippen molar-refractivity contribution in [2.24, 2.45) is 23.1 Å². The molecule has 1 saturated heterocycles. The third-order valence-corrected chi connectivity index (χ3v) is 19.4. The maximum absolute atomic E-state index is 12.4. The van der Waals surface area contributed by atoms with Gasteiger partial charge in [-0.15, -0.1) is 0 Å². The molecule has 0 bridgehead atoms. The molecule has 6 heterocycles. The highest BCUT2D eigenvalue weighted by atomic mass is 31.2. The summed E-state index contributed by atoms with van der Waals surface area (Å²) >= 11 is 0. The molecule has 0 spiro atoms. The Morgan fingerprint density at radius 2 is 0.876 bits per heavy atom. The summed E-state index contributed by atoms with van der Waals surface area (Å²) in [6.45, 7) is 42.1. The van der Waals surface area contributed by atoms with Gasteiger partial charge >= 0.3 is 25.8 Å². The number of amides is 6. The third-order valence-electron chi connectivity index (χ3n) is 17.2. The number of aliphatic carboxylic acids is 1. The Hall–Kier alpha value is -13.1. The monoisotopic (exact) mass is 1810 g/mol. The van der Waals surface area contributed by atoms with Crippen molar-refractivity contribution in [3.8, 4) is 0 Å². The Morgan fingerprint density at radius 3 is 1.23 bits per heavy atom. The van der Waals surface area contributed by atoms with Crippen molar-refractivity contribution in [1.82, 2.24) is 46.2 Å². The van der Waals surface area contributed by atoms with Crippen LogP contribution in [0, 0.1) is 5.92 Å². The number of carboxylic acids is 1. The minimum Gasteiger partial charge on any atom is -0.504 e. The van der Waals surface area contributed by atoms with Gasteiger partial charge in [-0.05, 0) is 90.2 Å². The molecule has 9 rings (SSSR count). The van der Waals surface area contributed by atoms with Crippen LogP contribution in [0.25, 0.3) is 24.3 Å². The predicted molar refractivity (Wildman–Crippen MR) is 482 cm³/mol. The van der Waals surface area contributed by atoms with Crippen LogP contribution in [0.1, 0.15) is 244 Å². The summed E-state index contributed by atoms with van der Waals surface area (Å²) in [5.74, 6) is -4.67. The van der Waals surface area contributed by atoms with E-state index in [0.29, 0.717) is 82.8 Å². The first-order chi connectivity index (χ1) is 59.5. The maximum atomic E-state index is 12.4. The first-order valence-corrected chi connectivity index (χ1v) is 42.1. The van der Waals surface area contributed by atoms with Crippen molar-refractivity contribution < 1.29 is 113 Å². The number of oxazole rings is 5. The summed E-state index contributed by atoms with van der Waals surface area (Å²) in [7, 11) is -1.46. The molecule has 5 aromatic heterocycles. The van der Waals surface area contributed by atoms with Gasteiger partial charge in [0.2, 0.25) is 23.5 Å². The quantitative estimate of drug-likeness (QED) is 0.0116. The molecule has 0 aliphatic carbocycles. The van der Waals surface area contributed by atoms with Crippen LogP contribution in [0.2, 0.25) is 0 Å². The molecule has 36 nitrogen and oxygen atoms in total. The number of carbonyl (C=O) groups excluding carboxylic acids is 10. The van der Waals surface area contributed by atoms with E-state index >= 15 is 0 Å². The highest BCUT2D eigenvalue weighted by Gasteiger charge is 2.41. The van der Waals surface area contributed by atoms with Crippen LogP contribution in [-0.2, 0) is 108 Å². The maximum Gasteiger partial charge on any atom is 0.412 e. The third kappa shape index (κ3) is 38.6. The lowest BCUT2D eigenvalue weighted by atomic mass is 9.91. The number of aliphatic hydroxyl groups excluding tert-OH is 2. The number of aldehydes is 1. The molecule has 702 valence electrons. The minimum atomic E-state index is -3.73. The number of nitrogens with one attached hydrogen (secondary N) is 4. The van der Waals surface area contributed by atoms with Crippen LogP contribution in [0.5, 0.6) is 0 Å². The number of piperazine rings is 1. The number of hydrogen-bond donors (Lipinski definition) is 10. The van der Waals surface area contributed by atoms with Gasteiger partial charge in [-0.25, -0.2) is 39.3 Å². The fraction of sp³-hybridized carbons (Fsp3) is 0.435. The SMILES string of the molecule is CC(=O)/C(=C/c1ncoc1C(C)(C)C)NC(=O)OC(C)(C)C.CC(C)(C)c1ocnc1/C=C(\O)C(=O)C[C@@H](Cc1ccccc1)C(N)=O.CC(C)(C)c1ocnc1/C=C(\O)C(=O)O.CC(C)(C)c1ocnc1/C=C1\NC(=O)[C@H](Cc2ccccc2)NC1=O.CC(C)(C)c1ocnc1C=O.COP(=O)(OC)C(NC(=O)OC(C)(C)C)C(C)=O.NC(=O)[C@@H](N)Cc1ccccc1. The zero-order chi connectivity index (χ0) is 98.1. The van der Waals surface area contributed by atoms with Crippen LogP contribution in [-0.4, -0.2) is 149 Å². The molecule has 4 atom stereocenters. The number of nitrogens with zero attached hydrogens (tertiary/aromatic N) is 5. The average molecular weight is 1810 g/mol. The molecule has 37 heteroatoms. The molecule has 1 fully saturated rings. The van der Waals surface area contributed by atoms with Crippen molar-refractivity contribution in [3.05, 3.63) is 220 Å². The number of nitrogens with two attached hydrogens (primary N) is 3. The van der Waals surface area contributed by atoms with Crippen LogP contribution in [0.4, 0.5) is 9.59 Å². The molecular weight excluding hydrogens is 1690 g/mol.